The van der Waals surface area contributed by atoms with Crippen molar-refractivity contribution in [2.75, 3.05) is 19.8 Å². The highest BCUT2D eigenvalue weighted by Crippen LogP contribution is 2.23. The van der Waals surface area contributed by atoms with Gasteiger partial charge in [0.05, 0.1) is 6.61 Å². The van der Waals surface area contributed by atoms with Gasteiger partial charge in [0, 0.05) is 11.6 Å². The first-order chi connectivity index (χ1) is 11.9. The fourth-order valence-corrected chi connectivity index (χ4v) is 2.65. The van der Waals surface area contributed by atoms with Crippen LogP contribution < -0.4 is 10.5 Å². The van der Waals surface area contributed by atoms with Gasteiger partial charge >= 0.3 is 5.97 Å². The predicted molar refractivity (Wildman–Crippen MR) is 93.5 cm³/mol. The lowest BCUT2D eigenvalue weighted by molar-refractivity contribution is -0.415. The number of ether oxygens (including phenoxy) is 4. The van der Waals surface area contributed by atoms with E-state index in [1.54, 1.807) is 31.2 Å². The number of carbonyl (C=O) groups excluding carboxylic acids is 1. The SMILES string of the molecule is CC(C)CO[C@H]1COC[C@H]([NH3+])C(=O)O[C@@H](C)[C@@H]1Oc1cccc(Cl)c1. The van der Waals surface area contributed by atoms with Crippen LogP contribution in [0.4, 0.5) is 0 Å². The number of hydrogen-bond donors (Lipinski definition) is 1. The molecule has 4 atom stereocenters. The fraction of sp³-hybridized carbons (Fsp3) is 0.611. The Kier molecular flexibility index (Phi) is 7.50. The Morgan fingerprint density at radius 2 is 2.12 bits per heavy atom. The summed E-state index contributed by atoms with van der Waals surface area (Å²) in [6, 6.07) is 6.52. The van der Waals surface area contributed by atoms with Gasteiger partial charge in [0.25, 0.3) is 0 Å². The maximum Gasteiger partial charge on any atom is 0.367 e. The van der Waals surface area contributed by atoms with Crippen LogP contribution in [0.3, 0.4) is 0 Å². The highest BCUT2D eigenvalue weighted by atomic mass is 35.5. The number of quaternary nitrogens is 1. The molecule has 0 spiro atoms. The lowest BCUT2D eigenvalue weighted by Crippen LogP contribution is -2.67. The summed E-state index contributed by atoms with van der Waals surface area (Å²) in [6.07, 6.45) is -1.42. The third kappa shape index (κ3) is 6.15. The summed E-state index contributed by atoms with van der Waals surface area (Å²) in [5, 5.41) is 0.568. The number of rotatable bonds is 5. The van der Waals surface area contributed by atoms with Crippen molar-refractivity contribution in [2.45, 2.75) is 45.1 Å². The molecule has 0 amide bonds. The van der Waals surface area contributed by atoms with Gasteiger partial charge in [-0.05, 0) is 31.0 Å². The first kappa shape index (κ1) is 20.0. The van der Waals surface area contributed by atoms with E-state index < -0.39 is 24.2 Å². The standard InChI is InChI=1S/C18H26ClNO5/c1-11(2)8-23-16-10-22-9-15(20)18(21)24-12(3)17(16)25-14-6-4-5-13(19)7-14/h4-7,11-12,15-17H,8-10,20H2,1-3H3/p+1/t12-,15-,16-,17-/m0/s1. The third-order valence-electron chi connectivity index (χ3n) is 3.78. The molecule has 0 aliphatic carbocycles. The van der Waals surface area contributed by atoms with E-state index in [4.69, 9.17) is 30.5 Å². The van der Waals surface area contributed by atoms with E-state index in [1.807, 2.05) is 0 Å². The molecule has 0 bridgehead atoms. The van der Waals surface area contributed by atoms with Crippen LogP contribution in [0.1, 0.15) is 20.8 Å². The lowest BCUT2D eigenvalue weighted by atomic mass is 10.1. The van der Waals surface area contributed by atoms with Crippen molar-refractivity contribution < 1.29 is 29.5 Å². The molecule has 1 aromatic carbocycles. The molecular formula is C18H27ClNO5+. The van der Waals surface area contributed by atoms with Crippen molar-refractivity contribution in [3.63, 3.8) is 0 Å². The molecule has 0 saturated carbocycles. The molecule has 0 unspecified atom stereocenters. The number of carbonyl (C=O) groups is 1. The normalized spacial score (nSPS) is 28.0. The quantitative estimate of drug-likeness (QED) is 0.795. The van der Waals surface area contributed by atoms with E-state index in [-0.39, 0.29) is 12.7 Å². The minimum atomic E-state index is -0.571. The van der Waals surface area contributed by atoms with Gasteiger partial charge in [0.2, 0.25) is 6.04 Å². The number of halogens is 1. The molecule has 0 aromatic heterocycles. The van der Waals surface area contributed by atoms with Crippen molar-refractivity contribution >= 4 is 17.6 Å². The summed E-state index contributed by atoms with van der Waals surface area (Å²) < 4.78 is 23.2. The molecule has 0 radical (unpaired) electrons. The van der Waals surface area contributed by atoms with E-state index in [0.29, 0.717) is 29.9 Å². The highest BCUT2D eigenvalue weighted by molar-refractivity contribution is 6.30. The minimum absolute atomic E-state index is 0.191. The van der Waals surface area contributed by atoms with E-state index in [2.05, 4.69) is 19.6 Å². The molecule has 1 heterocycles. The van der Waals surface area contributed by atoms with Crippen molar-refractivity contribution in [2.24, 2.45) is 5.92 Å². The van der Waals surface area contributed by atoms with Gasteiger partial charge in [-0.1, -0.05) is 31.5 Å². The van der Waals surface area contributed by atoms with Gasteiger partial charge in [-0.15, -0.1) is 0 Å². The average molecular weight is 373 g/mol. The molecule has 7 heteroatoms. The number of cyclic esters (lactones) is 1. The highest BCUT2D eigenvalue weighted by Gasteiger charge is 2.36. The largest absolute Gasteiger partial charge is 0.484 e. The van der Waals surface area contributed by atoms with Crippen molar-refractivity contribution in [3.05, 3.63) is 29.3 Å². The van der Waals surface area contributed by atoms with Crippen molar-refractivity contribution in [1.82, 2.24) is 0 Å². The Labute approximate surface area is 153 Å². The molecule has 2 rings (SSSR count). The molecule has 25 heavy (non-hydrogen) atoms. The van der Waals surface area contributed by atoms with E-state index in [9.17, 15) is 4.79 Å². The van der Waals surface area contributed by atoms with Crippen molar-refractivity contribution in [3.8, 4) is 5.75 Å². The lowest BCUT2D eigenvalue weighted by Gasteiger charge is -2.31. The Balaban J connectivity index is 2.21. The Hall–Kier alpha value is -1.34. The van der Waals surface area contributed by atoms with Gasteiger partial charge in [-0.25, -0.2) is 4.79 Å². The van der Waals surface area contributed by atoms with Crippen LogP contribution in [-0.4, -0.2) is 50.1 Å². The van der Waals surface area contributed by atoms with Gasteiger partial charge < -0.3 is 24.7 Å². The first-order valence-corrected chi connectivity index (χ1v) is 8.89. The maximum atomic E-state index is 12.1. The van der Waals surface area contributed by atoms with Gasteiger partial charge in [-0.3, -0.25) is 0 Å². The minimum Gasteiger partial charge on any atom is -0.484 e. The van der Waals surface area contributed by atoms with Crippen LogP contribution in [0.25, 0.3) is 0 Å². The summed E-state index contributed by atoms with van der Waals surface area (Å²) in [7, 11) is 0. The second-order valence-corrected chi connectivity index (χ2v) is 7.12. The Morgan fingerprint density at radius 1 is 1.36 bits per heavy atom. The Bertz CT molecular complexity index is 568. The molecule has 1 aromatic rings. The summed E-state index contributed by atoms with van der Waals surface area (Å²) in [4.78, 5) is 12.1. The zero-order valence-electron chi connectivity index (χ0n) is 14.9. The summed E-state index contributed by atoms with van der Waals surface area (Å²) in [5.41, 5.74) is 3.78. The van der Waals surface area contributed by atoms with Gasteiger partial charge in [0.15, 0.2) is 6.10 Å². The van der Waals surface area contributed by atoms with E-state index in [0.717, 1.165) is 0 Å². The van der Waals surface area contributed by atoms with Crippen molar-refractivity contribution in [1.29, 1.82) is 0 Å². The molecule has 1 fully saturated rings. The van der Waals surface area contributed by atoms with Gasteiger partial charge in [-0.2, -0.15) is 0 Å². The summed E-state index contributed by atoms with van der Waals surface area (Å²) in [6.45, 7) is 6.97. The van der Waals surface area contributed by atoms with E-state index in [1.165, 1.54) is 0 Å². The maximum absolute atomic E-state index is 12.1. The molecule has 1 aliphatic rings. The molecule has 140 valence electrons. The third-order valence-corrected chi connectivity index (χ3v) is 4.01. The van der Waals surface area contributed by atoms with Crippen LogP contribution in [0, 0.1) is 5.92 Å². The predicted octanol–water partition coefficient (Wildman–Crippen LogP) is 1.70. The fourth-order valence-electron chi connectivity index (χ4n) is 2.47. The van der Waals surface area contributed by atoms with Crippen LogP contribution in [0.15, 0.2) is 24.3 Å². The first-order valence-electron chi connectivity index (χ1n) is 8.52. The average Bonchev–Trinajstić information content (AvgIpc) is 2.59. The molecule has 3 N–H and O–H groups in total. The molecule has 1 saturated heterocycles. The molecular weight excluding hydrogens is 346 g/mol. The van der Waals surface area contributed by atoms with Crippen LogP contribution >= 0.6 is 11.6 Å². The number of esters is 1. The topological polar surface area (TPSA) is 81.6 Å². The van der Waals surface area contributed by atoms with E-state index >= 15 is 0 Å². The zero-order valence-corrected chi connectivity index (χ0v) is 15.7. The number of hydrogen-bond acceptors (Lipinski definition) is 5. The summed E-state index contributed by atoms with van der Waals surface area (Å²) in [5.74, 6) is 0.540. The Morgan fingerprint density at radius 3 is 2.80 bits per heavy atom. The zero-order chi connectivity index (χ0) is 18.4. The van der Waals surface area contributed by atoms with Crippen LogP contribution in [-0.2, 0) is 19.0 Å². The molecule has 1 aliphatic heterocycles. The second-order valence-electron chi connectivity index (χ2n) is 6.68. The smallest absolute Gasteiger partial charge is 0.367 e. The molecule has 6 nitrogen and oxygen atoms in total. The second kappa shape index (κ2) is 9.38. The van der Waals surface area contributed by atoms with Crippen LogP contribution in [0.5, 0.6) is 5.75 Å². The number of benzene rings is 1. The monoisotopic (exact) mass is 372 g/mol. The van der Waals surface area contributed by atoms with Crippen LogP contribution in [0.2, 0.25) is 5.02 Å². The van der Waals surface area contributed by atoms with Gasteiger partial charge in [0.1, 0.15) is 24.6 Å². The summed E-state index contributed by atoms with van der Waals surface area (Å²) >= 11 is 6.04.